The molecule has 6 heteroatoms. The first-order chi connectivity index (χ1) is 9.84. The maximum absolute atomic E-state index is 12.8. The third-order valence-corrected chi connectivity index (χ3v) is 5.60. The van der Waals surface area contributed by atoms with Crippen LogP contribution in [0.5, 0.6) is 0 Å². The average Bonchev–Trinajstić information content (AvgIpc) is 2.47. The SMILES string of the molecule is CCC(C)N(CCOC)S(=O)(=O)c1cccc(C(C)N)c1. The topological polar surface area (TPSA) is 72.6 Å². The number of methoxy groups -OCH3 is 1. The molecule has 0 aromatic heterocycles. The van der Waals surface area contributed by atoms with E-state index in [1.807, 2.05) is 26.8 Å². The first kappa shape index (κ1) is 18.1. The second-order valence-corrected chi connectivity index (χ2v) is 7.12. The predicted molar refractivity (Wildman–Crippen MR) is 84.6 cm³/mol. The number of hydrogen-bond acceptors (Lipinski definition) is 4. The van der Waals surface area contributed by atoms with Crippen molar-refractivity contribution in [1.82, 2.24) is 4.31 Å². The van der Waals surface area contributed by atoms with Gasteiger partial charge in [-0.2, -0.15) is 4.31 Å². The molecule has 0 radical (unpaired) electrons. The monoisotopic (exact) mass is 314 g/mol. The summed E-state index contributed by atoms with van der Waals surface area (Å²) in [5.74, 6) is 0. The van der Waals surface area contributed by atoms with E-state index in [0.29, 0.717) is 13.2 Å². The van der Waals surface area contributed by atoms with E-state index in [9.17, 15) is 8.42 Å². The van der Waals surface area contributed by atoms with Crippen LogP contribution in [-0.4, -0.2) is 39.0 Å². The van der Waals surface area contributed by atoms with Gasteiger partial charge in [0, 0.05) is 25.7 Å². The van der Waals surface area contributed by atoms with E-state index in [0.717, 1.165) is 12.0 Å². The van der Waals surface area contributed by atoms with Crippen molar-refractivity contribution in [2.24, 2.45) is 5.73 Å². The number of hydrogen-bond donors (Lipinski definition) is 1. The zero-order valence-corrected chi connectivity index (χ0v) is 14.1. The van der Waals surface area contributed by atoms with Crippen LogP contribution in [0.2, 0.25) is 0 Å². The van der Waals surface area contributed by atoms with E-state index < -0.39 is 10.0 Å². The van der Waals surface area contributed by atoms with Crippen molar-refractivity contribution in [3.05, 3.63) is 29.8 Å². The molecular weight excluding hydrogens is 288 g/mol. The van der Waals surface area contributed by atoms with Crippen LogP contribution in [0.15, 0.2) is 29.2 Å². The van der Waals surface area contributed by atoms with Crippen LogP contribution in [0, 0.1) is 0 Å². The number of sulfonamides is 1. The number of nitrogens with two attached hydrogens (primary N) is 1. The highest BCUT2D eigenvalue weighted by molar-refractivity contribution is 7.89. The van der Waals surface area contributed by atoms with Crippen molar-refractivity contribution in [3.63, 3.8) is 0 Å². The first-order valence-electron chi connectivity index (χ1n) is 7.20. The fourth-order valence-electron chi connectivity index (χ4n) is 2.06. The summed E-state index contributed by atoms with van der Waals surface area (Å²) in [5, 5.41) is 0. The van der Waals surface area contributed by atoms with Crippen molar-refractivity contribution in [2.45, 2.75) is 44.2 Å². The Morgan fingerprint density at radius 2 is 2.00 bits per heavy atom. The zero-order valence-electron chi connectivity index (χ0n) is 13.2. The number of rotatable bonds is 8. The molecule has 0 saturated heterocycles. The Balaban J connectivity index is 3.18. The molecule has 1 aromatic carbocycles. The van der Waals surface area contributed by atoms with Gasteiger partial charge in [-0.3, -0.25) is 0 Å². The summed E-state index contributed by atoms with van der Waals surface area (Å²) in [4.78, 5) is 0.286. The molecule has 2 N–H and O–H groups in total. The predicted octanol–water partition coefficient (Wildman–Crippen LogP) is 2.14. The Morgan fingerprint density at radius 1 is 1.33 bits per heavy atom. The van der Waals surface area contributed by atoms with E-state index in [1.54, 1.807) is 25.3 Å². The summed E-state index contributed by atoms with van der Waals surface area (Å²) in [6, 6.07) is 6.56. The van der Waals surface area contributed by atoms with Gasteiger partial charge in [0.15, 0.2) is 0 Å². The fraction of sp³-hybridized carbons (Fsp3) is 0.600. The van der Waals surface area contributed by atoms with Crippen LogP contribution in [0.25, 0.3) is 0 Å². The van der Waals surface area contributed by atoms with Gasteiger partial charge in [0.2, 0.25) is 10.0 Å². The normalized spacial score (nSPS) is 15.1. The Morgan fingerprint density at radius 3 is 2.52 bits per heavy atom. The molecule has 0 bridgehead atoms. The van der Waals surface area contributed by atoms with Crippen LogP contribution < -0.4 is 5.73 Å². The fourth-order valence-corrected chi connectivity index (χ4v) is 3.80. The van der Waals surface area contributed by atoms with Crippen LogP contribution in [-0.2, 0) is 14.8 Å². The minimum absolute atomic E-state index is 0.0795. The van der Waals surface area contributed by atoms with Gasteiger partial charge in [0.1, 0.15) is 0 Å². The van der Waals surface area contributed by atoms with Gasteiger partial charge in [0.25, 0.3) is 0 Å². The molecular formula is C15H26N2O3S. The lowest BCUT2D eigenvalue weighted by Crippen LogP contribution is -2.40. The molecule has 0 aliphatic rings. The Labute approximate surface area is 128 Å². The van der Waals surface area contributed by atoms with Crippen molar-refractivity contribution < 1.29 is 13.2 Å². The van der Waals surface area contributed by atoms with Gasteiger partial charge in [-0.05, 0) is 38.0 Å². The third kappa shape index (κ3) is 4.51. The average molecular weight is 314 g/mol. The van der Waals surface area contributed by atoms with Gasteiger partial charge in [-0.25, -0.2) is 8.42 Å². The lowest BCUT2D eigenvalue weighted by molar-refractivity contribution is 0.167. The summed E-state index contributed by atoms with van der Waals surface area (Å²) >= 11 is 0. The van der Waals surface area contributed by atoms with E-state index in [1.165, 1.54) is 4.31 Å². The lowest BCUT2D eigenvalue weighted by atomic mass is 10.1. The number of nitrogens with zero attached hydrogens (tertiary/aromatic N) is 1. The molecule has 0 amide bonds. The van der Waals surface area contributed by atoms with Crippen molar-refractivity contribution in [1.29, 1.82) is 0 Å². The minimum atomic E-state index is -3.54. The Bertz CT molecular complexity index is 544. The van der Waals surface area contributed by atoms with Gasteiger partial charge in [-0.1, -0.05) is 19.1 Å². The van der Waals surface area contributed by atoms with E-state index in [2.05, 4.69) is 0 Å². The molecule has 2 unspecified atom stereocenters. The lowest BCUT2D eigenvalue weighted by Gasteiger charge is -2.27. The van der Waals surface area contributed by atoms with Crippen LogP contribution >= 0.6 is 0 Å². The molecule has 0 heterocycles. The third-order valence-electron chi connectivity index (χ3n) is 3.59. The number of benzene rings is 1. The molecule has 0 aliphatic heterocycles. The number of ether oxygens (including phenoxy) is 1. The quantitative estimate of drug-likeness (QED) is 0.798. The highest BCUT2D eigenvalue weighted by atomic mass is 32.2. The molecule has 0 spiro atoms. The van der Waals surface area contributed by atoms with E-state index in [4.69, 9.17) is 10.5 Å². The zero-order chi connectivity index (χ0) is 16.0. The standard InChI is InChI=1S/C15H26N2O3S/c1-5-12(2)17(9-10-20-4)21(18,19)15-8-6-7-14(11-15)13(3)16/h6-8,11-13H,5,9-10,16H2,1-4H3. The molecule has 5 nitrogen and oxygen atoms in total. The molecule has 0 saturated carbocycles. The van der Waals surface area contributed by atoms with Crippen LogP contribution in [0.4, 0.5) is 0 Å². The maximum Gasteiger partial charge on any atom is 0.243 e. The summed E-state index contributed by atoms with van der Waals surface area (Å²) < 4.78 is 32.2. The van der Waals surface area contributed by atoms with Gasteiger partial charge in [0.05, 0.1) is 11.5 Å². The van der Waals surface area contributed by atoms with E-state index in [-0.39, 0.29) is 17.0 Å². The van der Waals surface area contributed by atoms with Crippen molar-refractivity contribution >= 4 is 10.0 Å². The maximum atomic E-state index is 12.8. The van der Waals surface area contributed by atoms with Gasteiger partial charge >= 0.3 is 0 Å². The largest absolute Gasteiger partial charge is 0.383 e. The summed E-state index contributed by atoms with van der Waals surface area (Å²) in [6.07, 6.45) is 0.746. The molecule has 120 valence electrons. The molecule has 1 aromatic rings. The smallest absolute Gasteiger partial charge is 0.243 e. The molecule has 1 rings (SSSR count). The van der Waals surface area contributed by atoms with Gasteiger partial charge in [-0.15, -0.1) is 0 Å². The summed E-state index contributed by atoms with van der Waals surface area (Å²) in [6.45, 7) is 6.43. The highest BCUT2D eigenvalue weighted by Crippen LogP contribution is 2.22. The molecule has 0 fully saturated rings. The summed E-state index contributed by atoms with van der Waals surface area (Å²) in [5.41, 5.74) is 6.65. The van der Waals surface area contributed by atoms with Gasteiger partial charge < -0.3 is 10.5 Å². The van der Waals surface area contributed by atoms with Crippen molar-refractivity contribution in [3.8, 4) is 0 Å². The highest BCUT2D eigenvalue weighted by Gasteiger charge is 2.28. The molecule has 2 atom stereocenters. The minimum Gasteiger partial charge on any atom is -0.383 e. The molecule has 0 aliphatic carbocycles. The summed E-state index contributed by atoms with van der Waals surface area (Å²) in [7, 11) is -1.98. The van der Waals surface area contributed by atoms with Crippen LogP contribution in [0.1, 0.15) is 38.8 Å². The van der Waals surface area contributed by atoms with E-state index >= 15 is 0 Å². The Hall–Kier alpha value is -0.950. The van der Waals surface area contributed by atoms with Crippen LogP contribution in [0.3, 0.4) is 0 Å². The Kier molecular flexibility index (Phi) is 6.80. The second kappa shape index (κ2) is 7.89. The molecule has 21 heavy (non-hydrogen) atoms. The van der Waals surface area contributed by atoms with Crippen molar-refractivity contribution in [2.75, 3.05) is 20.3 Å². The second-order valence-electron chi connectivity index (χ2n) is 5.23. The first-order valence-corrected chi connectivity index (χ1v) is 8.64.